The van der Waals surface area contributed by atoms with Crippen LogP contribution in [-0.2, 0) is 19.1 Å². The number of benzene rings is 1. The van der Waals surface area contributed by atoms with Crippen LogP contribution >= 0.6 is 0 Å². The summed E-state index contributed by atoms with van der Waals surface area (Å²) in [5, 5.41) is 4.36. The zero-order valence-corrected chi connectivity index (χ0v) is 13.6. The van der Waals surface area contributed by atoms with Crippen molar-refractivity contribution >= 4 is 23.8 Å². The fourth-order valence-corrected chi connectivity index (χ4v) is 1.59. The van der Waals surface area contributed by atoms with Crippen LogP contribution < -0.4 is 21.1 Å². The van der Waals surface area contributed by atoms with E-state index in [0.29, 0.717) is 6.61 Å². The van der Waals surface area contributed by atoms with E-state index in [2.05, 4.69) is 5.32 Å². The topological polar surface area (TPSA) is 146 Å². The molecule has 0 aliphatic heterocycles. The summed E-state index contributed by atoms with van der Waals surface area (Å²) in [5.41, 5.74) is 4.99. The Hall–Kier alpha value is -3.14. The number of rotatable bonds is 9. The third kappa shape index (κ3) is 7.79. The van der Waals surface area contributed by atoms with Crippen LogP contribution in [0.1, 0.15) is 10.4 Å². The lowest BCUT2D eigenvalue weighted by molar-refractivity contribution is -0.123. The Morgan fingerprint density at radius 2 is 1.84 bits per heavy atom. The fourth-order valence-electron chi connectivity index (χ4n) is 1.59. The lowest BCUT2D eigenvalue weighted by atomic mass is 10.2. The van der Waals surface area contributed by atoms with Gasteiger partial charge < -0.3 is 25.3 Å². The number of carbonyl (C=O) groups excluding carboxylic acids is 4. The molecule has 0 saturated carbocycles. The highest BCUT2D eigenvalue weighted by atomic mass is 16.5. The van der Waals surface area contributed by atoms with Gasteiger partial charge in [0.2, 0.25) is 0 Å². The number of nitrogens with two attached hydrogens (primary N) is 1. The molecule has 1 aromatic rings. The summed E-state index contributed by atoms with van der Waals surface area (Å²) < 4.78 is 14.6. The van der Waals surface area contributed by atoms with Crippen LogP contribution in [0.3, 0.4) is 0 Å². The molecule has 0 bridgehead atoms. The number of amides is 4. The van der Waals surface area contributed by atoms with E-state index in [4.69, 9.17) is 19.9 Å². The number of esters is 1. The summed E-state index contributed by atoms with van der Waals surface area (Å²) >= 11 is 0. The first-order chi connectivity index (χ1) is 11.9. The molecule has 10 nitrogen and oxygen atoms in total. The van der Waals surface area contributed by atoms with Crippen LogP contribution in [0, 0.1) is 0 Å². The van der Waals surface area contributed by atoms with Gasteiger partial charge in [-0.2, -0.15) is 0 Å². The number of ether oxygens (including phenoxy) is 3. The van der Waals surface area contributed by atoms with E-state index in [1.54, 1.807) is 12.1 Å². The van der Waals surface area contributed by atoms with Crippen LogP contribution in [-0.4, -0.2) is 57.3 Å². The van der Waals surface area contributed by atoms with Gasteiger partial charge in [0.25, 0.3) is 11.8 Å². The minimum absolute atomic E-state index is 0.0149. The summed E-state index contributed by atoms with van der Waals surface area (Å²) in [6.07, 6.45) is 0. The van der Waals surface area contributed by atoms with Crippen molar-refractivity contribution < 1.29 is 33.4 Å². The molecular formula is C15H19N3O7. The molecule has 0 aliphatic carbocycles. The Labute approximate surface area is 143 Å². The van der Waals surface area contributed by atoms with Gasteiger partial charge >= 0.3 is 12.0 Å². The summed E-state index contributed by atoms with van der Waals surface area (Å²) in [5.74, 6) is -2.28. The molecule has 0 spiro atoms. The number of methoxy groups -OCH3 is 1. The van der Waals surface area contributed by atoms with Crippen LogP contribution in [0.15, 0.2) is 24.3 Å². The standard InChI is InChI=1S/C15H19N3O7/c1-23-7-6-17-15(22)18-13(20)9-25-14(21)10-4-2-3-5-11(10)24-8-12(16)19/h2-5H,6-9H2,1H3,(H2,16,19)(H2,17,18,20,22). The summed E-state index contributed by atoms with van der Waals surface area (Å²) in [7, 11) is 1.47. The van der Waals surface area contributed by atoms with Crippen molar-refractivity contribution in [2.45, 2.75) is 0 Å². The molecule has 0 aliphatic rings. The highest BCUT2D eigenvalue weighted by Gasteiger charge is 2.16. The second-order valence-electron chi connectivity index (χ2n) is 4.62. The van der Waals surface area contributed by atoms with E-state index >= 15 is 0 Å². The molecule has 1 rings (SSSR count). The molecule has 25 heavy (non-hydrogen) atoms. The largest absolute Gasteiger partial charge is 0.483 e. The normalized spacial score (nSPS) is 9.80. The molecular weight excluding hydrogens is 334 g/mol. The SMILES string of the molecule is COCCNC(=O)NC(=O)COC(=O)c1ccccc1OCC(N)=O. The van der Waals surface area contributed by atoms with Gasteiger partial charge in [0.05, 0.1) is 6.61 Å². The number of primary amides is 1. The monoisotopic (exact) mass is 353 g/mol. The Kier molecular flexibility index (Phi) is 8.44. The first kappa shape index (κ1) is 19.9. The summed E-state index contributed by atoms with van der Waals surface area (Å²) in [4.78, 5) is 45.6. The maximum absolute atomic E-state index is 12.0. The highest BCUT2D eigenvalue weighted by molar-refractivity contribution is 5.97. The number of carbonyl (C=O) groups is 4. The van der Waals surface area contributed by atoms with Crippen molar-refractivity contribution in [3.05, 3.63) is 29.8 Å². The van der Waals surface area contributed by atoms with E-state index in [1.165, 1.54) is 19.2 Å². The van der Waals surface area contributed by atoms with Gasteiger partial charge in [-0.05, 0) is 12.1 Å². The number of hydrogen-bond acceptors (Lipinski definition) is 7. The average Bonchev–Trinajstić information content (AvgIpc) is 2.58. The molecule has 4 N–H and O–H groups in total. The molecule has 0 heterocycles. The second kappa shape index (κ2) is 10.6. The van der Waals surface area contributed by atoms with Crippen molar-refractivity contribution in [3.8, 4) is 5.75 Å². The van der Waals surface area contributed by atoms with E-state index < -0.39 is 37.0 Å². The van der Waals surface area contributed by atoms with Gasteiger partial charge in [0, 0.05) is 13.7 Å². The Morgan fingerprint density at radius 3 is 2.52 bits per heavy atom. The van der Waals surface area contributed by atoms with E-state index in [9.17, 15) is 19.2 Å². The molecule has 4 amide bonds. The molecule has 0 saturated heterocycles. The maximum Gasteiger partial charge on any atom is 0.342 e. The smallest absolute Gasteiger partial charge is 0.342 e. The lowest BCUT2D eigenvalue weighted by Crippen LogP contribution is -2.42. The van der Waals surface area contributed by atoms with Gasteiger partial charge in [-0.25, -0.2) is 9.59 Å². The maximum atomic E-state index is 12.0. The number of nitrogens with one attached hydrogen (secondary N) is 2. The highest BCUT2D eigenvalue weighted by Crippen LogP contribution is 2.18. The van der Waals surface area contributed by atoms with Crippen molar-refractivity contribution in [1.82, 2.24) is 10.6 Å². The molecule has 0 unspecified atom stereocenters. The van der Waals surface area contributed by atoms with Crippen molar-refractivity contribution in [2.75, 3.05) is 33.5 Å². The van der Waals surface area contributed by atoms with Gasteiger partial charge in [-0.3, -0.25) is 14.9 Å². The lowest BCUT2D eigenvalue weighted by Gasteiger charge is -2.10. The van der Waals surface area contributed by atoms with Crippen molar-refractivity contribution in [1.29, 1.82) is 0 Å². The Morgan fingerprint density at radius 1 is 1.12 bits per heavy atom. The van der Waals surface area contributed by atoms with Crippen molar-refractivity contribution in [3.63, 3.8) is 0 Å². The average molecular weight is 353 g/mol. The van der Waals surface area contributed by atoms with Gasteiger partial charge in [-0.15, -0.1) is 0 Å². The van der Waals surface area contributed by atoms with Crippen LogP contribution in [0.25, 0.3) is 0 Å². The molecule has 0 aromatic heterocycles. The zero-order chi connectivity index (χ0) is 18.7. The van der Waals surface area contributed by atoms with E-state index in [-0.39, 0.29) is 17.9 Å². The first-order valence-electron chi connectivity index (χ1n) is 7.18. The number of para-hydroxylation sites is 1. The fraction of sp³-hybridized carbons (Fsp3) is 0.333. The van der Waals surface area contributed by atoms with Crippen molar-refractivity contribution in [2.24, 2.45) is 5.73 Å². The molecule has 1 aromatic carbocycles. The summed E-state index contributed by atoms with van der Waals surface area (Å²) in [6.45, 7) is -0.564. The van der Waals surface area contributed by atoms with Crippen LogP contribution in [0.4, 0.5) is 4.79 Å². The van der Waals surface area contributed by atoms with Gasteiger partial charge in [0.15, 0.2) is 13.2 Å². The number of hydrogen-bond donors (Lipinski definition) is 3. The van der Waals surface area contributed by atoms with Gasteiger partial charge in [-0.1, -0.05) is 12.1 Å². The van der Waals surface area contributed by atoms with Crippen LogP contribution in [0.2, 0.25) is 0 Å². The minimum Gasteiger partial charge on any atom is -0.483 e. The van der Waals surface area contributed by atoms with Gasteiger partial charge in [0.1, 0.15) is 11.3 Å². The molecule has 0 radical (unpaired) electrons. The number of urea groups is 1. The molecule has 136 valence electrons. The summed E-state index contributed by atoms with van der Waals surface area (Å²) in [6, 6.07) is 5.25. The Balaban J connectivity index is 2.49. The predicted octanol–water partition coefficient (Wildman–Crippen LogP) is -0.820. The minimum atomic E-state index is -0.852. The van der Waals surface area contributed by atoms with E-state index in [0.717, 1.165) is 0 Å². The molecule has 0 fully saturated rings. The quantitative estimate of drug-likeness (QED) is 0.388. The predicted molar refractivity (Wildman–Crippen MR) is 84.8 cm³/mol. The molecule has 0 atom stereocenters. The first-order valence-corrected chi connectivity index (χ1v) is 7.18. The zero-order valence-electron chi connectivity index (χ0n) is 13.6. The third-order valence-corrected chi connectivity index (χ3v) is 2.66. The second-order valence-corrected chi connectivity index (χ2v) is 4.62. The van der Waals surface area contributed by atoms with Crippen LogP contribution in [0.5, 0.6) is 5.75 Å². The molecule has 10 heteroatoms. The number of imide groups is 1. The van der Waals surface area contributed by atoms with E-state index in [1.807, 2.05) is 5.32 Å². The third-order valence-electron chi connectivity index (χ3n) is 2.66. The Bertz CT molecular complexity index is 633.